The predicted octanol–water partition coefficient (Wildman–Crippen LogP) is 8.68. The first-order valence-electron chi connectivity index (χ1n) is 15.5. The number of aryl methyl sites for hydroxylation is 1. The molecule has 5 aromatic carbocycles. The normalized spacial score (nSPS) is 16.5. The van der Waals surface area contributed by atoms with E-state index in [1.165, 1.54) is 43.6 Å². The molecule has 3 aliphatic rings. The molecule has 0 spiro atoms. The molecule has 5 aromatic rings. The number of nitriles is 2. The highest BCUT2D eigenvalue weighted by Crippen LogP contribution is 2.47. The van der Waals surface area contributed by atoms with Crippen LogP contribution >= 0.6 is 0 Å². The second-order valence-corrected chi connectivity index (χ2v) is 12.8. The summed E-state index contributed by atoms with van der Waals surface area (Å²) in [5, 5.41) is 25.9. The zero-order chi connectivity index (χ0) is 30.0. The Labute approximate surface area is 258 Å². The topological polar surface area (TPSA) is 54.1 Å². The minimum atomic E-state index is -0.0473. The van der Waals surface area contributed by atoms with Crippen LogP contribution < -0.4 is 15.0 Å². The number of hydrogen-bond donors (Lipinski definition) is 0. The van der Waals surface area contributed by atoms with Gasteiger partial charge in [-0.3, -0.25) is 0 Å². The first-order chi connectivity index (χ1) is 21.5. The molecule has 4 nitrogen and oxygen atoms in total. The van der Waals surface area contributed by atoms with Gasteiger partial charge in [0.15, 0.2) is 0 Å². The predicted molar refractivity (Wildman–Crippen MR) is 180 cm³/mol. The van der Waals surface area contributed by atoms with Crippen LogP contribution in [0.1, 0.15) is 55.4 Å². The summed E-state index contributed by atoms with van der Waals surface area (Å²) in [6.45, 7) is 5.44. The van der Waals surface area contributed by atoms with Crippen molar-refractivity contribution in [1.82, 2.24) is 0 Å². The zero-order valence-corrected chi connectivity index (χ0v) is 25.1. The van der Waals surface area contributed by atoms with Crippen molar-refractivity contribution < 1.29 is 0 Å². The van der Waals surface area contributed by atoms with Crippen molar-refractivity contribution in [2.75, 3.05) is 16.3 Å². The van der Waals surface area contributed by atoms with Crippen LogP contribution in [-0.4, -0.2) is 6.54 Å². The molecule has 1 heterocycles. The van der Waals surface area contributed by atoms with E-state index in [2.05, 4.69) is 109 Å². The quantitative estimate of drug-likeness (QED) is 0.218. The van der Waals surface area contributed by atoms with Gasteiger partial charge in [0.25, 0.3) is 0 Å². The van der Waals surface area contributed by atoms with Gasteiger partial charge in [-0.25, -0.2) is 0 Å². The standard InChI is InChI=1S/C40H32N4/c1-40(2)25-43(39-29(24-42)7-6-10-34(39)40)35-21-15-27-14-20-33-36(22-16-28-13-19-32(35)37(27)38(28)33)44(30-8-4-3-5-9-30)31-17-11-26(23-41)12-18-31/h4,6-14,16-20,22H,3,5,15,21,25H2,1-2H3. The Bertz CT molecular complexity index is 2200. The van der Waals surface area contributed by atoms with Crippen LogP contribution in [0, 0.1) is 22.7 Å². The van der Waals surface area contributed by atoms with Crippen LogP contribution in [0.15, 0.2) is 103 Å². The molecule has 212 valence electrons. The summed E-state index contributed by atoms with van der Waals surface area (Å²) in [6.07, 6.45) is 10.7. The molecular weight excluding hydrogens is 536 g/mol. The average molecular weight is 569 g/mol. The molecule has 44 heavy (non-hydrogen) atoms. The molecule has 0 saturated carbocycles. The molecule has 1 aliphatic heterocycles. The average Bonchev–Trinajstić information content (AvgIpc) is 3.35. The van der Waals surface area contributed by atoms with Gasteiger partial charge in [-0.1, -0.05) is 68.5 Å². The third-order valence-electron chi connectivity index (χ3n) is 9.68. The minimum Gasteiger partial charge on any atom is -0.342 e. The Hall–Kier alpha value is -5.32. The molecule has 0 amide bonds. The summed E-state index contributed by atoms with van der Waals surface area (Å²) in [7, 11) is 0. The van der Waals surface area contributed by atoms with Crippen molar-refractivity contribution in [3.05, 3.63) is 130 Å². The van der Waals surface area contributed by atoms with Crippen molar-refractivity contribution >= 4 is 44.3 Å². The summed E-state index contributed by atoms with van der Waals surface area (Å²) in [5.41, 5.74) is 9.71. The fraction of sp³-hybridized carbons (Fsp3) is 0.200. The van der Waals surface area contributed by atoms with Crippen LogP contribution in [0.25, 0.3) is 27.2 Å². The lowest BCUT2D eigenvalue weighted by molar-refractivity contribution is 0.567. The molecule has 8 rings (SSSR count). The highest BCUT2D eigenvalue weighted by molar-refractivity contribution is 6.17. The molecule has 0 aromatic heterocycles. The van der Waals surface area contributed by atoms with Gasteiger partial charge in [0.1, 0.15) is 6.07 Å². The molecule has 0 saturated heterocycles. The molecule has 0 radical (unpaired) electrons. The molecular formula is C40H32N4. The number of nitrogens with zero attached hydrogens (tertiary/aromatic N) is 4. The second-order valence-electron chi connectivity index (χ2n) is 12.8. The van der Waals surface area contributed by atoms with Gasteiger partial charge in [-0.05, 0) is 95.4 Å². The number of allylic oxidation sites excluding steroid dienone is 3. The lowest BCUT2D eigenvalue weighted by Gasteiger charge is -2.31. The van der Waals surface area contributed by atoms with Crippen LogP contribution in [0.5, 0.6) is 0 Å². The van der Waals surface area contributed by atoms with Crippen molar-refractivity contribution in [3.8, 4) is 12.1 Å². The number of fused-ring (bicyclic) bond motifs is 1. The minimum absolute atomic E-state index is 0.0473. The lowest BCUT2D eigenvalue weighted by Crippen LogP contribution is -2.33. The Kier molecular flexibility index (Phi) is 5.90. The summed E-state index contributed by atoms with van der Waals surface area (Å²) in [5.74, 6) is 0. The zero-order valence-electron chi connectivity index (χ0n) is 25.1. The van der Waals surface area contributed by atoms with Gasteiger partial charge in [-0.15, -0.1) is 0 Å². The van der Waals surface area contributed by atoms with E-state index < -0.39 is 0 Å². The van der Waals surface area contributed by atoms with E-state index >= 15 is 0 Å². The number of hydrogen-bond acceptors (Lipinski definition) is 4. The van der Waals surface area contributed by atoms with E-state index in [-0.39, 0.29) is 5.41 Å². The highest BCUT2D eigenvalue weighted by Gasteiger charge is 2.39. The third kappa shape index (κ3) is 3.88. The Morgan fingerprint density at radius 2 is 1.66 bits per heavy atom. The van der Waals surface area contributed by atoms with Crippen molar-refractivity contribution in [1.29, 1.82) is 10.5 Å². The molecule has 0 unspecified atom stereocenters. The second kappa shape index (κ2) is 9.87. The Morgan fingerprint density at radius 1 is 0.818 bits per heavy atom. The maximum atomic E-state index is 10.1. The maximum absolute atomic E-state index is 10.1. The van der Waals surface area contributed by atoms with E-state index in [9.17, 15) is 10.5 Å². The smallest absolute Gasteiger partial charge is 0.101 e. The summed E-state index contributed by atoms with van der Waals surface area (Å²) in [6, 6.07) is 32.5. The Morgan fingerprint density at radius 3 is 2.43 bits per heavy atom. The van der Waals surface area contributed by atoms with Gasteiger partial charge in [-0.2, -0.15) is 10.5 Å². The molecule has 0 atom stereocenters. The van der Waals surface area contributed by atoms with Crippen LogP contribution in [0.2, 0.25) is 0 Å². The highest BCUT2D eigenvalue weighted by atomic mass is 15.2. The first-order valence-corrected chi connectivity index (χ1v) is 15.5. The van der Waals surface area contributed by atoms with Crippen LogP contribution in [0.3, 0.4) is 0 Å². The van der Waals surface area contributed by atoms with Crippen molar-refractivity contribution in [2.45, 2.75) is 44.9 Å². The fourth-order valence-electron chi connectivity index (χ4n) is 7.65. The summed E-state index contributed by atoms with van der Waals surface area (Å²) < 4.78 is 0. The van der Waals surface area contributed by atoms with Gasteiger partial charge >= 0.3 is 0 Å². The van der Waals surface area contributed by atoms with E-state index in [1.807, 2.05) is 24.3 Å². The summed E-state index contributed by atoms with van der Waals surface area (Å²) in [4.78, 5) is 4.79. The number of anilines is 3. The van der Waals surface area contributed by atoms with Gasteiger partial charge in [0, 0.05) is 39.6 Å². The SMILES string of the molecule is CC1(C)CN(C2=c3ccc4ccc(N(C5=CCCC=C5)c5ccc(C#N)cc5)c5ccc(c3c45)CC2)c2c(C#N)cccc21. The van der Waals surface area contributed by atoms with Gasteiger partial charge in [0.05, 0.1) is 28.6 Å². The van der Waals surface area contributed by atoms with E-state index in [4.69, 9.17) is 0 Å². The van der Waals surface area contributed by atoms with E-state index in [0.717, 1.165) is 60.6 Å². The lowest BCUT2D eigenvalue weighted by atomic mass is 9.86. The first kappa shape index (κ1) is 26.3. The Balaban J connectivity index is 1.39. The van der Waals surface area contributed by atoms with E-state index in [0.29, 0.717) is 5.56 Å². The van der Waals surface area contributed by atoms with Gasteiger partial charge < -0.3 is 9.80 Å². The molecule has 2 aliphatic carbocycles. The maximum Gasteiger partial charge on any atom is 0.101 e. The van der Waals surface area contributed by atoms with E-state index in [1.54, 1.807) is 0 Å². The largest absolute Gasteiger partial charge is 0.342 e. The van der Waals surface area contributed by atoms with Crippen LogP contribution in [0.4, 0.5) is 17.1 Å². The molecule has 0 bridgehead atoms. The van der Waals surface area contributed by atoms with Crippen molar-refractivity contribution in [3.63, 3.8) is 0 Å². The monoisotopic (exact) mass is 568 g/mol. The van der Waals surface area contributed by atoms with Crippen molar-refractivity contribution in [2.24, 2.45) is 0 Å². The van der Waals surface area contributed by atoms with Gasteiger partial charge in [0.2, 0.25) is 0 Å². The number of rotatable bonds is 4. The summed E-state index contributed by atoms with van der Waals surface area (Å²) >= 11 is 0. The molecule has 0 fully saturated rings. The third-order valence-corrected chi connectivity index (χ3v) is 9.68. The number of para-hydroxylation sites is 1. The molecule has 0 N–H and O–H groups in total. The number of benzene rings is 5. The fourth-order valence-corrected chi connectivity index (χ4v) is 7.65. The molecule has 4 heteroatoms. The van der Waals surface area contributed by atoms with Crippen LogP contribution in [-0.2, 0) is 11.8 Å².